The summed E-state index contributed by atoms with van der Waals surface area (Å²) in [5.41, 5.74) is 0.868. The summed E-state index contributed by atoms with van der Waals surface area (Å²) in [4.78, 5) is 34.6. The Kier molecular flexibility index (Phi) is 5.79. The van der Waals surface area contributed by atoms with Crippen LogP contribution in [0.25, 0.3) is 0 Å². The first-order chi connectivity index (χ1) is 13.8. The largest absolute Gasteiger partial charge is 0.342 e. The number of hydrogen-bond acceptors (Lipinski definition) is 5. The Morgan fingerprint density at radius 1 is 1.21 bits per heavy atom. The van der Waals surface area contributed by atoms with Gasteiger partial charge in [0, 0.05) is 44.9 Å². The zero-order valence-corrected chi connectivity index (χ0v) is 17.8. The highest BCUT2D eigenvalue weighted by molar-refractivity contribution is 7.88. The van der Waals surface area contributed by atoms with Gasteiger partial charge in [-0.2, -0.15) is 4.31 Å². The third kappa shape index (κ3) is 4.55. The molecule has 3 heterocycles. The molecule has 0 radical (unpaired) electrons. The van der Waals surface area contributed by atoms with E-state index in [0.29, 0.717) is 55.5 Å². The van der Waals surface area contributed by atoms with Crippen LogP contribution in [0.2, 0.25) is 0 Å². The van der Waals surface area contributed by atoms with Crippen LogP contribution < -0.4 is 5.56 Å². The molecular weight excluding hydrogens is 392 g/mol. The first-order valence-corrected chi connectivity index (χ1v) is 12.5. The molecule has 1 saturated heterocycles. The maximum absolute atomic E-state index is 12.6. The number of fused-ring (bicyclic) bond motifs is 1. The van der Waals surface area contributed by atoms with Crippen molar-refractivity contribution in [1.82, 2.24) is 19.2 Å². The Morgan fingerprint density at radius 2 is 1.97 bits per heavy atom. The van der Waals surface area contributed by atoms with Crippen LogP contribution in [0.3, 0.4) is 0 Å². The fraction of sp³-hybridized carbons (Fsp3) is 0.750. The van der Waals surface area contributed by atoms with Crippen molar-refractivity contribution in [1.29, 1.82) is 0 Å². The van der Waals surface area contributed by atoms with E-state index in [0.717, 1.165) is 19.1 Å². The zero-order valence-electron chi connectivity index (χ0n) is 17.0. The van der Waals surface area contributed by atoms with Crippen LogP contribution in [0.15, 0.2) is 4.79 Å². The second-order valence-electron chi connectivity index (χ2n) is 8.74. The molecule has 1 amide bonds. The van der Waals surface area contributed by atoms with Crippen LogP contribution in [0.4, 0.5) is 0 Å². The number of rotatable bonds is 5. The van der Waals surface area contributed by atoms with Crippen LogP contribution >= 0.6 is 0 Å². The molecule has 1 saturated carbocycles. The summed E-state index contributed by atoms with van der Waals surface area (Å²) in [6.45, 7) is 1.73. The molecule has 1 aliphatic carbocycles. The Hall–Kier alpha value is -1.74. The molecule has 8 nitrogen and oxygen atoms in total. The minimum Gasteiger partial charge on any atom is -0.342 e. The van der Waals surface area contributed by atoms with Crippen molar-refractivity contribution in [2.45, 2.75) is 63.8 Å². The van der Waals surface area contributed by atoms with E-state index in [1.165, 1.54) is 30.0 Å². The quantitative estimate of drug-likeness (QED) is 0.772. The van der Waals surface area contributed by atoms with Crippen molar-refractivity contribution in [3.05, 3.63) is 27.4 Å². The number of aromatic amines is 1. The lowest BCUT2D eigenvalue weighted by Crippen LogP contribution is -2.39. The lowest BCUT2D eigenvalue weighted by Gasteiger charge is -2.26. The second kappa shape index (κ2) is 8.18. The fourth-order valence-corrected chi connectivity index (χ4v) is 5.68. The summed E-state index contributed by atoms with van der Waals surface area (Å²) in [5.74, 6) is 1.59. The molecule has 0 bridgehead atoms. The average Bonchev–Trinajstić information content (AvgIpc) is 3.37. The van der Waals surface area contributed by atoms with Crippen molar-refractivity contribution in [3.8, 4) is 0 Å². The third-order valence-electron chi connectivity index (χ3n) is 6.69. The lowest BCUT2D eigenvalue weighted by molar-refractivity contribution is -0.130. The Labute approximate surface area is 171 Å². The smallest absolute Gasteiger partial charge is 0.255 e. The van der Waals surface area contributed by atoms with Gasteiger partial charge in [-0.05, 0) is 18.8 Å². The molecule has 9 heteroatoms. The molecule has 1 atom stereocenters. The topological polar surface area (TPSA) is 103 Å². The highest BCUT2D eigenvalue weighted by Crippen LogP contribution is 2.30. The van der Waals surface area contributed by atoms with E-state index < -0.39 is 10.0 Å². The van der Waals surface area contributed by atoms with Gasteiger partial charge in [0.25, 0.3) is 5.56 Å². The number of H-pyrrole nitrogens is 1. The second-order valence-corrected chi connectivity index (χ2v) is 10.7. The van der Waals surface area contributed by atoms with Gasteiger partial charge in [-0.15, -0.1) is 0 Å². The summed E-state index contributed by atoms with van der Waals surface area (Å²) in [5, 5.41) is 0. The van der Waals surface area contributed by atoms with Gasteiger partial charge in [0.05, 0.1) is 17.5 Å². The Bertz CT molecular complexity index is 936. The van der Waals surface area contributed by atoms with Gasteiger partial charge >= 0.3 is 0 Å². The van der Waals surface area contributed by atoms with E-state index in [2.05, 4.69) is 9.97 Å². The maximum atomic E-state index is 12.6. The number of carbonyl (C=O) groups excluding carboxylic acids is 1. The number of hydrogen-bond donors (Lipinski definition) is 1. The van der Waals surface area contributed by atoms with Crippen molar-refractivity contribution in [2.75, 3.05) is 25.9 Å². The molecule has 2 aliphatic heterocycles. The normalized spacial score (nSPS) is 23.5. The molecule has 2 fully saturated rings. The third-order valence-corrected chi connectivity index (χ3v) is 7.94. The van der Waals surface area contributed by atoms with E-state index in [9.17, 15) is 18.0 Å². The zero-order chi connectivity index (χ0) is 20.6. The van der Waals surface area contributed by atoms with E-state index >= 15 is 0 Å². The van der Waals surface area contributed by atoms with Gasteiger partial charge in [0.15, 0.2) is 0 Å². The Morgan fingerprint density at radius 3 is 2.69 bits per heavy atom. The Balaban J connectivity index is 1.40. The van der Waals surface area contributed by atoms with Crippen LogP contribution in [0.1, 0.15) is 67.9 Å². The molecule has 29 heavy (non-hydrogen) atoms. The first kappa shape index (κ1) is 20.5. The summed E-state index contributed by atoms with van der Waals surface area (Å²) >= 11 is 0. The minimum absolute atomic E-state index is 0.0383. The molecule has 1 N–H and O–H groups in total. The summed E-state index contributed by atoms with van der Waals surface area (Å²) in [6.07, 6.45) is 9.11. The summed E-state index contributed by atoms with van der Waals surface area (Å²) < 4.78 is 24.9. The molecule has 160 valence electrons. The molecular formula is C20H30N4O4S. The van der Waals surface area contributed by atoms with Gasteiger partial charge in [-0.3, -0.25) is 9.59 Å². The number of carbonyl (C=O) groups is 1. The average molecular weight is 423 g/mol. The van der Waals surface area contributed by atoms with Crippen molar-refractivity contribution in [3.63, 3.8) is 0 Å². The monoisotopic (exact) mass is 422 g/mol. The number of aromatic nitrogens is 2. The predicted molar refractivity (Wildman–Crippen MR) is 109 cm³/mol. The SMILES string of the molecule is CS(=O)(=O)N1CCc2nc([C@@H]3CCN(C(=O)CCC4CCCC4)C3)[nH]c(=O)c2C1. The molecule has 1 aromatic rings. The van der Waals surface area contributed by atoms with Crippen LogP contribution in [-0.2, 0) is 27.8 Å². The van der Waals surface area contributed by atoms with Crippen LogP contribution in [-0.4, -0.2) is 59.4 Å². The van der Waals surface area contributed by atoms with Crippen molar-refractivity contribution < 1.29 is 13.2 Å². The summed E-state index contributed by atoms with van der Waals surface area (Å²) in [6, 6.07) is 0. The summed E-state index contributed by atoms with van der Waals surface area (Å²) in [7, 11) is -3.33. The van der Waals surface area contributed by atoms with Gasteiger partial charge in [-0.25, -0.2) is 13.4 Å². The molecule has 4 rings (SSSR count). The van der Waals surface area contributed by atoms with Crippen LogP contribution in [0.5, 0.6) is 0 Å². The van der Waals surface area contributed by atoms with Crippen molar-refractivity contribution in [2.24, 2.45) is 5.92 Å². The van der Waals surface area contributed by atoms with Gasteiger partial charge in [0.1, 0.15) is 5.82 Å². The highest BCUT2D eigenvalue weighted by Gasteiger charge is 2.32. The number of sulfonamides is 1. The van der Waals surface area contributed by atoms with E-state index in [1.807, 2.05) is 4.90 Å². The van der Waals surface area contributed by atoms with E-state index in [4.69, 9.17) is 0 Å². The fourth-order valence-electron chi connectivity index (χ4n) is 4.89. The van der Waals surface area contributed by atoms with Crippen LogP contribution in [0, 0.1) is 5.92 Å². The first-order valence-electron chi connectivity index (χ1n) is 10.7. The standard InChI is InChI=1S/C20H30N4O4S/c1-29(27,28)24-11-9-17-16(13-24)20(26)22-19(21-17)15-8-10-23(12-15)18(25)7-6-14-4-2-3-5-14/h14-15H,2-13H2,1H3,(H,21,22,26)/t15-/m1/s1. The molecule has 0 spiro atoms. The van der Waals surface area contributed by atoms with Gasteiger partial charge in [-0.1, -0.05) is 25.7 Å². The van der Waals surface area contributed by atoms with Gasteiger partial charge in [0.2, 0.25) is 15.9 Å². The van der Waals surface area contributed by atoms with E-state index in [1.54, 1.807) is 0 Å². The van der Waals surface area contributed by atoms with Gasteiger partial charge < -0.3 is 9.88 Å². The van der Waals surface area contributed by atoms with Crippen molar-refractivity contribution >= 4 is 15.9 Å². The maximum Gasteiger partial charge on any atom is 0.255 e. The molecule has 0 aromatic carbocycles. The van der Waals surface area contributed by atoms with E-state index in [-0.39, 0.29) is 23.9 Å². The number of amides is 1. The highest BCUT2D eigenvalue weighted by atomic mass is 32.2. The number of nitrogens with zero attached hydrogens (tertiary/aromatic N) is 3. The molecule has 1 aromatic heterocycles. The predicted octanol–water partition coefficient (Wildman–Crippen LogP) is 1.37. The minimum atomic E-state index is -3.33. The number of likely N-dealkylation sites (tertiary alicyclic amines) is 1. The molecule has 0 unspecified atom stereocenters. The lowest BCUT2D eigenvalue weighted by atomic mass is 10.0. The number of nitrogens with one attached hydrogen (secondary N) is 1. The molecule has 3 aliphatic rings.